The Morgan fingerprint density at radius 1 is 1.27 bits per heavy atom. The predicted octanol–water partition coefficient (Wildman–Crippen LogP) is 3.20. The lowest BCUT2D eigenvalue weighted by Crippen LogP contribution is -2.27. The average Bonchev–Trinajstić information content (AvgIpc) is 3.28. The summed E-state index contributed by atoms with van der Waals surface area (Å²) in [4.78, 5) is 12.9. The zero-order chi connectivity index (χ0) is 19.3. The summed E-state index contributed by atoms with van der Waals surface area (Å²) in [5, 5.41) is 3.60. The van der Waals surface area contributed by atoms with Crippen molar-refractivity contribution in [2.75, 3.05) is 17.6 Å². The zero-order valence-corrected chi connectivity index (χ0v) is 14.7. The minimum absolute atomic E-state index is 0.0574. The van der Waals surface area contributed by atoms with Gasteiger partial charge in [0.05, 0.1) is 29.3 Å². The number of rotatable bonds is 5. The number of ketones is 1. The van der Waals surface area contributed by atoms with Crippen LogP contribution >= 0.6 is 0 Å². The first-order chi connectivity index (χ1) is 12.0. The first-order valence-electron chi connectivity index (χ1n) is 7.64. The highest BCUT2D eigenvalue weighted by atomic mass is 32.2. The molecule has 3 rings (SSSR count). The van der Waals surface area contributed by atoms with Crippen LogP contribution in [0, 0.1) is 0 Å². The van der Waals surface area contributed by atoms with E-state index < -0.39 is 27.5 Å². The van der Waals surface area contributed by atoms with Gasteiger partial charge in [0, 0.05) is 18.5 Å². The lowest BCUT2D eigenvalue weighted by Gasteiger charge is -2.21. The van der Waals surface area contributed by atoms with E-state index in [-0.39, 0.29) is 22.7 Å². The van der Waals surface area contributed by atoms with E-state index in [0.717, 1.165) is 38.3 Å². The summed E-state index contributed by atoms with van der Waals surface area (Å²) >= 11 is 0. The second-order valence-corrected chi connectivity index (χ2v) is 8.18. The normalized spacial score (nSPS) is 15.1. The van der Waals surface area contributed by atoms with Crippen molar-refractivity contribution in [3.63, 3.8) is 0 Å². The maximum Gasteiger partial charge on any atom is 0.416 e. The molecule has 1 aromatic carbocycles. The lowest BCUT2D eigenvalue weighted by atomic mass is 9.99. The number of carbonyl (C=O) groups excluding carboxylic acids is 1. The van der Waals surface area contributed by atoms with Crippen molar-refractivity contribution >= 4 is 21.5 Å². The number of benzene rings is 1. The largest absolute Gasteiger partial charge is 0.416 e. The molecule has 0 amide bonds. The van der Waals surface area contributed by atoms with Gasteiger partial charge in [0.2, 0.25) is 10.0 Å². The molecular formula is C16H15F3N2O4S. The summed E-state index contributed by atoms with van der Waals surface area (Å²) in [7, 11) is -2.79. The van der Waals surface area contributed by atoms with Crippen molar-refractivity contribution in [1.29, 1.82) is 0 Å². The Bertz CT molecular complexity index is 962. The fourth-order valence-electron chi connectivity index (χ4n) is 2.54. The monoisotopic (exact) mass is 388 g/mol. The minimum Gasteiger partial charge on any atom is -0.360 e. The molecule has 1 aliphatic rings. The van der Waals surface area contributed by atoms with Crippen molar-refractivity contribution in [3.05, 3.63) is 46.8 Å². The standard InChI is InChI=1S/C16H15F3N2O4S/c1-21(26(2,23)24)13-7-10(16(17,18)19)5-6-11(13)14(22)12-8-20-25-15(12)9-3-4-9/h5-9H,3-4H2,1-2H3. The molecule has 2 aromatic rings. The van der Waals surface area contributed by atoms with E-state index in [4.69, 9.17) is 4.52 Å². The molecule has 26 heavy (non-hydrogen) atoms. The van der Waals surface area contributed by atoms with Crippen LogP contribution in [0.15, 0.2) is 28.9 Å². The molecule has 0 unspecified atom stereocenters. The van der Waals surface area contributed by atoms with Crippen LogP contribution in [0.2, 0.25) is 0 Å². The molecule has 1 aliphatic carbocycles. The summed E-state index contributed by atoms with van der Waals surface area (Å²) in [6, 6.07) is 2.38. The molecule has 0 N–H and O–H groups in total. The average molecular weight is 388 g/mol. The molecular weight excluding hydrogens is 373 g/mol. The number of nitrogens with zero attached hydrogens (tertiary/aromatic N) is 2. The number of anilines is 1. The van der Waals surface area contributed by atoms with Gasteiger partial charge in [0.25, 0.3) is 0 Å². The third-order valence-electron chi connectivity index (χ3n) is 4.20. The van der Waals surface area contributed by atoms with Gasteiger partial charge in [-0.3, -0.25) is 9.10 Å². The van der Waals surface area contributed by atoms with Crippen LogP contribution < -0.4 is 4.31 Å². The quantitative estimate of drug-likeness (QED) is 0.735. The summed E-state index contributed by atoms with van der Waals surface area (Å²) in [6.07, 6.45) is -0.962. The molecule has 1 saturated carbocycles. The molecule has 0 aliphatic heterocycles. The zero-order valence-electron chi connectivity index (χ0n) is 13.9. The van der Waals surface area contributed by atoms with E-state index in [1.807, 2.05) is 0 Å². The summed E-state index contributed by atoms with van der Waals surface area (Å²) in [6.45, 7) is 0. The van der Waals surface area contributed by atoms with E-state index in [1.165, 1.54) is 6.20 Å². The summed E-state index contributed by atoms with van der Waals surface area (Å²) < 4.78 is 68.5. The molecule has 0 atom stereocenters. The van der Waals surface area contributed by atoms with Gasteiger partial charge in [-0.25, -0.2) is 8.42 Å². The van der Waals surface area contributed by atoms with Crippen molar-refractivity contribution in [2.24, 2.45) is 0 Å². The molecule has 10 heteroatoms. The second-order valence-electron chi connectivity index (χ2n) is 6.17. The number of halogens is 3. The van der Waals surface area contributed by atoms with Gasteiger partial charge in [0.1, 0.15) is 0 Å². The van der Waals surface area contributed by atoms with E-state index in [2.05, 4.69) is 5.16 Å². The van der Waals surface area contributed by atoms with Crippen LogP contribution in [0.5, 0.6) is 0 Å². The van der Waals surface area contributed by atoms with Crippen molar-refractivity contribution in [2.45, 2.75) is 24.9 Å². The minimum atomic E-state index is -4.68. The van der Waals surface area contributed by atoms with Gasteiger partial charge in [-0.2, -0.15) is 13.2 Å². The maximum absolute atomic E-state index is 13.0. The fraction of sp³-hybridized carbons (Fsp3) is 0.375. The first kappa shape index (κ1) is 18.4. The molecule has 1 heterocycles. The Labute approximate surface area is 147 Å². The highest BCUT2D eigenvalue weighted by Crippen LogP contribution is 2.42. The van der Waals surface area contributed by atoms with Crippen LogP contribution in [0.1, 0.15) is 46.0 Å². The highest BCUT2D eigenvalue weighted by Gasteiger charge is 2.36. The van der Waals surface area contributed by atoms with Crippen LogP contribution in [0.4, 0.5) is 18.9 Å². The number of sulfonamides is 1. The molecule has 0 saturated heterocycles. The first-order valence-corrected chi connectivity index (χ1v) is 9.49. The molecule has 1 aromatic heterocycles. The van der Waals surface area contributed by atoms with Crippen molar-refractivity contribution in [1.82, 2.24) is 5.16 Å². The van der Waals surface area contributed by atoms with Crippen molar-refractivity contribution < 1.29 is 30.9 Å². The topological polar surface area (TPSA) is 80.5 Å². The van der Waals surface area contributed by atoms with E-state index >= 15 is 0 Å². The van der Waals surface area contributed by atoms with Gasteiger partial charge in [0.15, 0.2) is 11.5 Å². The summed E-state index contributed by atoms with van der Waals surface area (Å²) in [5.74, 6) is -0.197. The van der Waals surface area contributed by atoms with Gasteiger partial charge in [-0.05, 0) is 31.0 Å². The molecule has 0 bridgehead atoms. The molecule has 0 spiro atoms. The van der Waals surface area contributed by atoms with Crippen LogP contribution in [-0.2, 0) is 16.2 Å². The SMILES string of the molecule is CN(c1cc(C(F)(F)F)ccc1C(=O)c1cnoc1C1CC1)S(C)(=O)=O. The lowest BCUT2D eigenvalue weighted by molar-refractivity contribution is -0.137. The smallest absolute Gasteiger partial charge is 0.360 e. The van der Waals surface area contributed by atoms with Gasteiger partial charge >= 0.3 is 6.18 Å². The Morgan fingerprint density at radius 2 is 1.92 bits per heavy atom. The predicted molar refractivity (Wildman–Crippen MR) is 86.6 cm³/mol. The van der Waals surface area contributed by atoms with E-state index in [1.54, 1.807) is 0 Å². The van der Waals surface area contributed by atoms with Crippen LogP contribution in [-0.4, -0.2) is 32.7 Å². The molecule has 6 nitrogen and oxygen atoms in total. The number of hydrogen-bond acceptors (Lipinski definition) is 5. The number of aromatic nitrogens is 1. The number of carbonyl (C=O) groups is 1. The number of hydrogen-bond donors (Lipinski definition) is 0. The Morgan fingerprint density at radius 3 is 2.46 bits per heavy atom. The Hall–Kier alpha value is -2.36. The maximum atomic E-state index is 13.0. The van der Waals surface area contributed by atoms with Crippen molar-refractivity contribution in [3.8, 4) is 0 Å². The third kappa shape index (κ3) is 3.46. The van der Waals surface area contributed by atoms with E-state index in [9.17, 15) is 26.4 Å². The van der Waals surface area contributed by atoms with E-state index in [0.29, 0.717) is 16.1 Å². The summed E-state index contributed by atoms with van der Waals surface area (Å²) in [5.41, 5.74) is -1.44. The van der Waals surface area contributed by atoms with Gasteiger partial charge < -0.3 is 4.52 Å². The van der Waals surface area contributed by atoms with Crippen LogP contribution in [0.25, 0.3) is 0 Å². The van der Waals surface area contributed by atoms with Gasteiger partial charge in [-0.1, -0.05) is 5.16 Å². The second kappa shape index (κ2) is 6.11. The number of alkyl halides is 3. The Balaban J connectivity index is 2.13. The molecule has 0 radical (unpaired) electrons. The van der Waals surface area contributed by atoms with Gasteiger partial charge in [-0.15, -0.1) is 0 Å². The third-order valence-corrected chi connectivity index (χ3v) is 5.39. The molecule has 140 valence electrons. The fourth-order valence-corrected chi connectivity index (χ4v) is 3.05. The molecule has 1 fully saturated rings. The highest BCUT2D eigenvalue weighted by molar-refractivity contribution is 7.92. The van der Waals surface area contributed by atoms with Crippen LogP contribution in [0.3, 0.4) is 0 Å². The Kier molecular flexibility index (Phi) is 4.33.